The fraction of sp³-hybridized carbons (Fsp3) is 0.933. The van der Waals surface area contributed by atoms with Crippen LogP contribution in [0.4, 0.5) is 4.79 Å². The summed E-state index contributed by atoms with van der Waals surface area (Å²) < 4.78 is 0. The van der Waals surface area contributed by atoms with E-state index in [1.165, 1.54) is 19.3 Å². The van der Waals surface area contributed by atoms with Gasteiger partial charge in [0.2, 0.25) is 0 Å². The molecule has 19 heavy (non-hydrogen) atoms. The van der Waals surface area contributed by atoms with Gasteiger partial charge in [0.25, 0.3) is 0 Å². The Morgan fingerprint density at radius 3 is 2.53 bits per heavy atom. The summed E-state index contributed by atoms with van der Waals surface area (Å²) in [5.74, 6) is 0.662. The van der Waals surface area contributed by atoms with Gasteiger partial charge in [-0.3, -0.25) is 0 Å². The minimum Gasteiger partial charge on any atom is -0.325 e. The Morgan fingerprint density at radius 1 is 1.21 bits per heavy atom. The van der Waals surface area contributed by atoms with Gasteiger partial charge in [0, 0.05) is 38.3 Å². The Morgan fingerprint density at radius 2 is 1.89 bits per heavy atom. The van der Waals surface area contributed by atoms with Gasteiger partial charge in [-0.05, 0) is 44.4 Å². The average Bonchev–Trinajstić information content (AvgIpc) is 2.76. The molecule has 0 aromatic heterocycles. The molecule has 1 N–H and O–H groups in total. The molecule has 3 aliphatic heterocycles. The molecule has 4 heteroatoms. The average molecular weight is 265 g/mol. The lowest BCUT2D eigenvalue weighted by atomic mass is 9.98. The number of carbonyl (C=O) groups is 1. The molecule has 0 aromatic rings. The standard InChI is InChI=1S/C15H27N3O/c1-11-4-3-7-18(10-11)15(19)17(2)14-8-12-5-6-13(9-14)16-12/h11-14,16H,3-10H2,1-2H3. The van der Waals surface area contributed by atoms with Gasteiger partial charge in [0.15, 0.2) is 0 Å². The number of amides is 2. The molecule has 3 fully saturated rings. The Bertz CT molecular complexity index is 334. The van der Waals surface area contributed by atoms with E-state index in [1.54, 1.807) is 0 Å². The van der Waals surface area contributed by atoms with Crippen LogP contribution in [0.2, 0.25) is 0 Å². The fourth-order valence-corrected chi connectivity index (χ4v) is 4.09. The van der Waals surface area contributed by atoms with Crippen LogP contribution in [0, 0.1) is 5.92 Å². The zero-order valence-electron chi connectivity index (χ0n) is 12.3. The third kappa shape index (κ3) is 2.73. The maximum absolute atomic E-state index is 12.6. The smallest absolute Gasteiger partial charge is 0.320 e. The molecule has 3 aliphatic rings. The molecule has 0 radical (unpaired) electrons. The van der Waals surface area contributed by atoms with E-state index in [1.807, 2.05) is 11.9 Å². The van der Waals surface area contributed by atoms with Crippen LogP contribution < -0.4 is 5.32 Å². The van der Waals surface area contributed by atoms with Crippen molar-refractivity contribution in [1.82, 2.24) is 15.1 Å². The number of piperidine rings is 2. The second kappa shape index (κ2) is 5.31. The van der Waals surface area contributed by atoms with Crippen LogP contribution in [0.3, 0.4) is 0 Å². The zero-order chi connectivity index (χ0) is 13.4. The molecule has 0 spiro atoms. The highest BCUT2D eigenvalue weighted by Gasteiger charge is 2.37. The van der Waals surface area contributed by atoms with Gasteiger partial charge in [-0.25, -0.2) is 4.79 Å². The highest BCUT2D eigenvalue weighted by Crippen LogP contribution is 2.30. The number of fused-ring (bicyclic) bond motifs is 2. The first kappa shape index (κ1) is 13.2. The number of likely N-dealkylation sites (tertiary alicyclic amines) is 1. The predicted molar refractivity (Wildman–Crippen MR) is 76.1 cm³/mol. The number of nitrogens with one attached hydrogen (secondary N) is 1. The van der Waals surface area contributed by atoms with E-state index in [4.69, 9.17) is 0 Å². The molecule has 3 unspecified atom stereocenters. The van der Waals surface area contributed by atoms with E-state index < -0.39 is 0 Å². The van der Waals surface area contributed by atoms with E-state index in [0.29, 0.717) is 24.0 Å². The molecule has 0 saturated carbocycles. The van der Waals surface area contributed by atoms with Crippen LogP contribution in [0.25, 0.3) is 0 Å². The molecule has 0 aliphatic carbocycles. The van der Waals surface area contributed by atoms with Crippen molar-refractivity contribution in [3.8, 4) is 0 Å². The van der Waals surface area contributed by atoms with Crippen LogP contribution in [0.5, 0.6) is 0 Å². The van der Waals surface area contributed by atoms with Gasteiger partial charge in [-0.15, -0.1) is 0 Å². The number of carbonyl (C=O) groups excluding carboxylic acids is 1. The summed E-state index contributed by atoms with van der Waals surface area (Å²) >= 11 is 0. The highest BCUT2D eigenvalue weighted by atomic mass is 16.2. The number of urea groups is 1. The van der Waals surface area contributed by atoms with E-state index >= 15 is 0 Å². The quantitative estimate of drug-likeness (QED) is 0.787. The summed E-state index contributed by atoms with van der Waals surface area (Å²) in [5, 5.41) is 3.65. The van der Waals surface area contributed by atoms with Crippen LogP contribution in [0.1, 0.15) is 45.4 Å². The minimum absolute atomic E-state index is 0.262. The van der Waals surface area contributed by atoms with Crippen molar-refractivity contribution in [2.45, 2.75) is 63.6 Å². The van der Waals surface area contributed by atoms with Crippen molar-refractivity contribution in [1.29, 1.82) is 0 Å². The number of rotatable bonds is 1. The second-order valence-corrected chi connectivity index (χ2v) is 6.85. The first-order valence-corrected chi connectivity index (χ1v) is 7.91. The third-order valence-corrected chi connectivity index (χ3v) is 5.23. The van der Waals surface area contributed by atoms with E-state index in [2.05, 4.69) is 17.1 Å². The summed E-state index contributed by atoms with van der Waals surface area (Å²) in [7, 11) is 2.01. The monoisotopic (exact) mass is 265 g/mol. The molecular weight excluding hydrogens is 238 g/mol. The first-order chi connectivity index (χ1) is 9.13. The lowest BCUT2D eigenvalue weighted by Crippen LogP contribution is -2.53. The molecular formula is C15H27N3O. The Hall–Kier alpha value is -0.770. The SMILES string of the molecule is CC1CCCN(C(=O)N(C)C2CC3CCC(C2)N3)C1. The summed E-state index contributed by atoms with van der Waals surface area (Å²) in [6, 6.07) is 2.01. The van der Waals surface area contributed by atoms with Crippen molar-refractivity contribution < 1.29 is 4.79 Å². The first-order valence-electron chi connectivity index (χ1n) is 7.91. The van der Waals surface area contributed by atoms with Crippen molar-refractivity contribution >= 4 is 6.03 Å². The molecule has 3 rings (SSSR count). The van der Waals surface area contributed by atoms with Gasteiger partial charge in [0.05, 0.1) is 0 Å². The van der Waals surface area contributed by atoms with Gasteiger partial charge < -0.3 is 15.1 Å². The van der Waals surface area contributed by atoms with Crippen LogP contribution in [-0.4, -0.2) is 54.1 Å². The number of hydrogen-bond acceptors (Lipinski definition) is 2. The summed E-state index contributed by atoms with van der Waals surface area (Å²) in [6.45, 7) is 4.15. The summed E-state index contributed by atoms with van der Waals surface area (Å²) in [6.07, 6.45) is 7.31. The Kier molecular flexibility index (Phi) is 3.70. The van der Waals surface area contributed by atoms with Gasteiger partial charge in [-0.1, -0.05) is 6.92 Å². The lowest BCUT2D eigenvalue weighted by molar-refractivity contribution is 0.112. The van der Waals surface area contributed by atoms with Crippen LogP contribution >= 0.6 is 0 Å². The van der Waals surface area contributed by atoms with Crippen molar-refractivity contribution in [2.75, 3.05) is 20.1 Å². The second-order valence-electron chi connectivity index (χ2n) is 6.85. The van der Waals surface area contributed by atoms with Crippen LogP contribution in [-0.2, 0) is 0 Å². The highest BCUT2D eigenvalue weighted by molar-refractivity contribution is 5.74. The molecule has 2 bridgehead atoms. The molecule has 2 amide bonds. The molecule has 3 saturated heterocycles. The van der Waals surface area contributed by atoms with Gasteiger partial charge >= 0.3 is 6.03 Å². The molecule has 4 nitrogen and oxygen atoms in total. The van der Waals surface area contributed by atoms with Crippen molar-refractivity contribution in [3.05, 3.63) is 0 Å². The topological polar surface area (TPSA) is 35.6 Å². The zero-order valence-corrected chi connectivity index (χ0v) is 12.3. The third-order valence-electron chi connectivity index (χ3n) is 5.23. The minimum atomic E-state index is 0.262. The van der Waals surface area contributed by atoms with Crippen LogP contribution in [0.15, 0.2) is 0 Å². The Balaban J connectivity index is 1.60. The van der Waals surface area contributed by atoms with E-state index in [-0.39, 0.29) is 6.03 Å². The normalized spacial score (nSPS) is 38.3. The summed E-state index contributed by atoms with van der Waals surface area (Å²) in [4.78, 5) is 16.7. The fourth-order valence-electron chi connectivity index (χ4n) is 4.09. The maximum Gasteiger partial charge on any atom is 0.320 e. The Labute approximate surface area is 116 Å². The molecule has 3 heterocycles. The summed E-state index contributed by atoms with van der Waals surface area (Å²) in [5.41, 5.74) is 0. The number of nitrogens with zero attached hydrogens (tertiary/aromatic N) is 2. The lowest BCUT2D eigenvalue weighted by Gasteiger charge is -2.40. The molecule has 3 atom stereocenters. The van der Waals surface area contributed by atoms with Crippen molar-refractivity contribution in [3.63, 3.8) is 0 Å². The van der Waals surface area contributed by atoms with Gasteiger partial charge in [-0.2, -0.15) is 0 Å². The molecule has 108 valence electrons. The maximum atomic E-state index is 12.6. The molecule has 0 aromatic carbocycles. The van der Waals surface area contributed by atoms with Crippen molar-refractivity contribution in [2.24, 2.45) is 5.92 Å². The van der Waals surface area contributed by atoms with Gasteiger partial charge in [0.1, 0.15) is 0 Å². The number of hydrogen-bond donors (Lipinski definition) is 1. The predicted octanol–water partition coefficient (Wildman–Crippen LogP) is 2.05. The van der Waals surface area contributed by atoms with E-state index in [9.17, 15) is 4.79 Å². The van der Waals surface area contributed by atoms with E-state index in [0.717, 1.165) is 32.4 Å². The largest absolute Gasteiger partial charge is 0.325 e.